The molecule has 1 aromatic heterocycles. The largest absolute Gasteiger partial charge is 0.497 e. The predicted molar refractivity (Wildman–Crippen MR) is 91.9 cm³/mol. The molecular weight excluding hydrogens is 332 g/mol. The normalized spacial score (nSPS) is 11.7. The molecule has 0 bridgehead atoms. The fraction of sp³-hybridized carbons (Fsp3) is 0.188. The lowest BCUT2D eigenvalue weighted by Gasteiger charge is -2.02. The van der Waals surface area contributed by atoms with Crippen molar-refractivity contribution in [3.63, 3.8) is 0 Å². The van der Waals surface area contributed by atoms with Crippen LogP contribution in [0.4, 0.5) is 0 Å². The highest BCUT2D eigenvalue weighted by Crippen LogP contribution is 2.23. The lowest BCUT2D eigenvalue weighted by molar-refractivity contribution is 0.415. The quantitative estimate of drug-likeness (QED) is 0.693. The summed E-state index contributed by atoms with van der Waals surface area (Å²) in [5.41, 5.74) is 1.71. The zero-order chi connectivity index (χ0) is 16.3. The number of aromatic nitrogens is 2. The average molecular weight is 348 g/mol. The fourth-order valence-electron chi connectivity index (χ4n) is 2.15. The molecule has 0 atom stereocenters. The zero-order valence-electron chi connectivity index (χ0n) is 12.5. The molecule has 3 aromatic rings. The maximum Gasteiger partial charge on any atom is 0.179 e. The van der Waals surface area contributed by atoms with Gasteiger partial charge in [0.25, 0.3) is 0 Å². The van der Waals surface area contributed by atoms with Gasteiger partial charge in [-0.3, -0.25) is 0 Å². The van der Waals surface area contributed by atoms with Gasteiger partial charge in [-0.15, -0.1) is 0 Å². The van der Waals surface area contributed by atoms with Gasteiger partial charge in [0.1, 0.15) is 5.75 Å². The molecule has 0 saturated heterocycles. The molecular formula is C16H16N2O3S2. The summed E-state index contributed by atoms with van der Waals surface area (Å²) in [6.45, 7) is 0. The van der Waals surface area contributed by atoms with Gasteiger partial charge in [-0.2, -0.15) is 0 Å². The molecule has 23 heavy (non-hydrogen) atoms. The summed E-state index contributed by atoms with van der Waals surface area (Å²) in [6.07, 6.45) is 0. The fourth-order valence-corrected chi connectivity index (χ4v) is 4.71. The first-order valence-corrected chi connectivity index (χ1v) is 9.67. The number of aromatic amines is 1. The van der Waals surface area contributed by atoms with E-state index in [1.807, 2.05) is 18.2 Å². The van der Waals surface area contributed by atoms with E-state index >= 15 is 0 Å². The van der Waals surface area contributed by atoms with E-state index in [1.54, 1.807) is 37.4 Å². The van der Waals surface area contributed by atoms with E-state index in [2.05, 4.69) is 9.97 Å². The summed E-state index contributed by atoms with van der Waals surface area (Å²) in [7, 11) is -1.64. The monoisotopic (exact) mass is 348 g/mol. The lowest BCUT2D eigenvalue weighted by atomic mass is 10.3. The minimum Gasteiger partial charge on any atom is -0.497 e. The molecule has 120 valence electrons. The van der Waals surface area contributed by atoms with Crippen molar-refractivity contribution in [3.05, 3.63) is 48.5 Å². The van der Waals surface area contributed by atoms with Gasteiger partial charge in [-0.25, -0.2) is 13.4 Å². The first kappa shape index (κ1) is 15.9. The van der Waals surface area contributed by atoms with Gasteiger partial charge in [0, 0.05) is 11.8 Å². The number of ether oxygens (including phenoxy) is 1. The molecule has 1 heterocycles. The summed E-state index contributed by atoms with van der Waals surface area (Å²) < 4.78 is 29.6. The number of nitrogens with one attached hydrogen (secondary N) is 1. The number of hydrogen-bond acceptors (Lipinski definition) is 5. The second-order valence-electron chi connectivity index (χ2n) is 4.91. The van der Waals surface area contributed by atoms with Crippen LogP contribution < -0.4 is 4.74 Å². The predicted octanol–water partition coefficient (Wildman–Crippen LogP) is 3.14. The first-order chi connectivity index (χ1) is 11.1. The molecule has 0 saturated carbocycles. The van der Waals surface area contributed by atoms with Gasteiger partial charge >= 0.3 is 0 Å². The second-order valence-corrected chi connectivity index (χ2v) is 8.10. The van der Waals surface area contributed by atoms with Crippen LogP contribution in [0.5, 0.6) is 5.75 Å². The topological polar surface area (TPSA) is 72.0 Å². The second kappa shape index (κ2) is 6.64. The van der Waals surface area contributed by atoms with Gasteiger partial charge in [0.2, 0.25) is 0 Å². The molecule has 0 aliphatic carbocycles. The summed E-state index contributed by atoms with van der Waals surface area (Å²) in [6, 6.07) is 14.1. The van der Waals surface area contributed by atoms with Crippen LogP contribution in [0.3, 0.4) is 0 Å². The number of rotatable bonds is 6. The Morgan fingerprint density at radius 1 is 1.17 bits per heavy atom. The molecule has 0 unspecified atom stereocenters. The third-order valence-electron chi connectivity index (χ3n) is 3.36. The third kappa shape index (κ3) is 3.68. The number of sulfone groups is 1. The Kier molecular flexibility index (Phi) is 4.58. The Morgan fingerprint density at radius 3 is 2.70 bits per heavy atom. The minimum atomic E-state index is -3.25. The van der Waals surface area contributed by atoms with Crippen molar-refractivity contribution in [2.24, 2.45) is 0 Å². The van der Waals surface area contributed by atoms with E-state index in [1.165, 1.54) is 11.8 Å². The van der Waals surface area contributed by atoms with E-state index < -0.39 is 9.84 Å². The van der Waals surface area contributed by atoms with Crippen LogP contribution in [0.15, 0.2) is 58.6 Å². The van der Waals surface area contributed by atoms with Gasteiger partial charge < -0.3 is 9.72 Å². The highest BCUT2D eigenvalue weighted by molar-refractivity contribution is 8.00. The van der Waals surface area contributed by atoms with Crippen LogP contribution >= 0.6 is 11.8 Å². The SMILES string of the molecule is COc1ccc2nc(SCCS(=O)(=O)c3ccccc3)[nH]c2c1. The first-order valence-electron chi connectivity index (χ1n) is 7.03. The van der Waals surface area contributed by atoms with Gasteiger partial charge in [0.05, 0.1) is 28.8 Å². The van der Waals surface area contributed by atoms with Crippen LogP contribution in [0, 0.1) is 0 Å². The Balaban J connectivity index is 1.67. The van der Waals surface area contributed by atoms with Crippen LogP contribution in [-0.2, 0) is 9.84 Å². The van der Waals surface area contributed by atoms with Crippen LogP contribution in [0.25, 0.3) is 11.0 Å². The summed E-state index contributed by atoms with van der Waals surface area (Å²) >= 11 is 1.39. The van der Waals surface area contributed by atoms with Crippen molar-refractivity contribution in [1.29, 1.82) is 0 Å². The third-order valence-corrected chi connectivity index (χ3v) is 6.23. The molecule has 0 radical (unpaired) electrons. The number of H-pyrrole nitrogens is 1. The molecule has 0 spiro atoms. The van der Waals surface area contributed by atoms with E-state index in [-0.39, 0.29) is 5.75 Å². The van der Waals surface area contributed by atoms with Gasteiger partial charge in [-0.05, 0) is 24.3 Å². The number of nitrogens with zero attached hydrogens (tertiary/aromatic N) is 1. The molecule has 1 N–H and O–H groups in total. The lowest BCUT2D eigenvalue weighted by Crippen LogP contribution is -2.08. The summed E-state index contributed by atoms with van der Waals surface area (Å²) in [5, 5.41) is 0.705. The van der Waals surface area contributed by atoms with Crippen molar-refractivity contribution < 1.29 is 13.2 Å². The number of thioether (sulfide) groups is 1. The summed E-state index contributed by atoms with van der Waals surface area (Å²) in [4.78, 5) is 7.97. The number of methoxy groups -OCH3 is 1. The van der Waals surface area contributed by atoms with E-state index in [0.717, 1.165) is 16.8 Å². The van der Waals surface area contributed by atoms with Gasteiger partial charge in [0.15, 0.2) is 15.0 Å². The van der Waals surface area contributed by atoms with Crippen molar-refractivity contribution in [2.75, 3.05) is 18.6 Å². The molecule has 7 heteroatoms. The smallest absolute Gasteiger partial charge is 0.179 e. The standard InChI is InChI=1S/C16H16N2O3S2/c1-21-12-7-8-14-15(11-12)18-16(17-14)22-9-10-23(19,20)13-5-3-2-4-6-13/h2-8,11H,9-10H2,1H3,(H,17,18). The highest BCUT2D eigenvalue weighted by Gasteiger charge is 2.14. The van der Waals surface area contributed by atoms with E-state index in [4.69, 9.17) is 4.74 Å². The summed E-state index contributed by atoms with van der Waals surface area (Å²) in [5.74, 6) is 1.26. The van der Waals surface area contributed by atoms with Crippen molar-refractivity contribution in [1.82, 2.24) is 9.97 Å². The number of fused-ring (bicyclic) bond motifs is 1. The zero-order valence-corrected chi connectivity index (χ0v) is 14.2. The molecule has 5 nitrogen and oxygen atoms in total. The number of imidazole rings is 1. The molecule has 3 rings (SSSR count). The Morgan fingerprint density at radius 2 is 1.96 bits per heavy atom. The minimum absolute atomic E-state index is 0.0715. The maximum absolute atomic E-state index is 12.2. The number of hydrogen-bond donors (Lipinski definition) is 1. The highest BCUT2D eigenvalue weighted by atomic mass is 32.2. The molecule has 2 aromatic carbocycles. The van der Waals surface area contributed by atoms with E-state index in [9.17, 15) is 8.42 Å². The molecule has 0 fully saturated rings. The Bertz CT molecular complexity index is 905. The maximum atomic E-state index is 12.2. The van der Waals surface area contributed by atoms with Gasteiger partial charge in [-0.1, -0.05) is 30.0 Å². The average Bonchev–Trinajstić information content (AvgIpc) is 2.97. The molecule has 0 aliphatic rings. The van der Waals surface area contributed by atoms with Crippen LogP contribution in [0.2, 0.25) is 0 Å². The van der Waals surface area contributed by atoms with E-state index in [0.29, 0.717) is 15.8 Å². The van der Waals surface area contributed by atoms with Crippen LogP contribution in [0.1, 0.15) is 0 Å². The number of benzene rings is 2. The Labute approximate surface area is 139 Å². The van der Waals surface area contributed by atoms with Crippen molar-refractivity contribution in [2.45, 2.75) is 10.1 Å². The van der Waals surface area contributed by atoms with Crippen molar-refractivity contribution in [3.8, 4) is 5.75 Å². The van der Waals surface area contributed by atoms with Crippen LogP contribution in [-0.4, -0.2) is 37.0 Å². The van der Waals surface area contributed by atoms with Crippen molar-refractivity contribution >= 4 is 32.6 Å². The molecule has 0 amide bonds. The molecule has 0 aliphatic heterocycles. The Hall–Kier alpha value is -1.99.